The number of rotatable bonds is 5. The normalized spacial score (nSPS) is 16.5. The number of fused-ring (bicyclic) bond motifs is 1. The molecule has 2 heterocycles. The lowest BCUT2D eigenvalue weighted by Gasteiger charge is -2.21. The van der Waals surface area contributed by atoms with Gasteiger partial charge in [-0.05, 0) is 56.5 Å². The first-order chi connectivity index (χ1) is 14.9. The predicted molar refractivity (Wildman–Crippen MR) is 113 cm³/mol. The van der Waals surface area contributed by atoms with Crippen LogP contribution in [-0.4, -0.2) is 52.6 Å². The van der Waals surface area contributed by atoms with E-state index >= 15 is 0 Å². The van der Waals surface area contributed by atoms with E-state index in [9.17, 15) is 19.2 Å². The van der Waals surface area contributed by atoms with Crippen LogP contribution >= 0.6 is 0 Å². The van der Waals surface area contributed by atoms with E-state index in [4.69, 9.17) is 4.74 Å². The Bertz CT molecular complexity index is 1050. The average molecular weight is 420 g/mol. The molecule has 0 aromatic heterocycles. The zero-order chi connectivity index (χ0) is 22.1. The van der Waals surface area contributed by atoms with Gasteiger partial charge in [-0.3, -0.25) is 19.3 Å². The molecule has 0 aliphatic carbocycles. The minimum atomic E-state index is -1.04. The summed E-state index contributed by atoms with van der Waals surface area (Å²) in [7, 11) is 0. The molecule has 31 heavy (non-hydrogen) atoms. The van der Waals surface area contributed by atoms with E-state index in [2.05, 4.69) is 0 Å². The van der Waals surface area contributed by atoms with E-state index < -0.39 is 23.8 Å². The van der Waals surface area contributed by atoms with Crippen LogP contribution in [0.25, 0.3) is 0 Å². The molecule has 2 aromatic carbocycles. The maximum absolute atomic E-state index is 12.7. The first kappa shape index (κ1) is 20.8. The van der Waals surface area contributed by atoms with Gasteiger partial charge in [0.25, 0.3) is 17.7 Å². The third kappa shape index (κ3) is 3.95. The molecule has 3 amide bonds. The van der Waals surface area contributed by atoms with Gasteiger partial charge in [-0.1, -0.05) is 23.8 Å². The summed E-state index contributed by atoms with van der Waals surface area (Å²) in [5.74, 6) is -1.63. The number of esters is 1. The summed E-state index contributed by atoms with van der Waals surface area (Å²) in [6.45, 7) is 4.88. The Balaban J connectivity index is 1.37. The summed E-state index contributed by atoms with van der Waals surface area (Å²) >= 11 is 0. The summed E-state index contributed by atoms with van der Waals surface area (Å²) in [6, 6.07) is 10.9. The molecule has 1 saturated heterocycles. The molecule has 7 heteroatoms. The van der Waals surface area contributed by atoms with Crippen molar-refractivity contribution in [2.24, 2.45) is 0 Å². The minimum absolute atomic E-state index is 0.00975. The highest BCUT2D eigenvalue weighted by atomic mass is 16.5. The van der Waals surface area contributed by atoms with Gasteiger partial charge < -0.3 is 9.64 Å². The van der Waals surface area contributed by atoms with Crippen molar-refractivity contribution in [2.45, 2.75) is 39.3 Å². The van der Waals surface area contributed by atoms with Gasteiger partial charge in [0.1, 0.15) is 12.6 Å². The van der Waals surface area contributed by atoms with E-state index in [1.165, 1.54) is 6.92 Å². The number of aryl methyl sites for hydroxylation is 1. The molecule has 4 rings (SSSR count). The monoisotopic (exact) mass is 420 g/mol. The first-order valence-corrected chi connectivity index (χ1v) is 10.4. The lowest BCUT2D eigenvalue weighted by molar-refractivity contribution is -0.149. The molecule has 0 unspecified atom stereocenters. The lowest BCUT2D eigenvalue weighted by Crippen LogP contribution is -2.43. The van der Waals surface area contributed by atoms with Crippen LogP contribution in [0.1, 0.15) is 62.0 Å². The molecule has 0 radical (unpaired) electrons. The summed E-state index contributed by atoms with van der Waals surface area (Å²) in [5, 5.41) is 0. The van der Waals surface area contributed by atoms with Crippen LogP contribution in [0, 0.1) is 6.92 Å². The van der Waals surface area contributed by atoms with Crippen molar-refractivity contribution in [3.63, 3.8) is 0 Å². The van der Waals surface area contributed by atoms with Gasteiger partial charge in [-0.2, -0.15) is 0 Å². The third-order valence-corrected chi connectivity index (χ3v) is 5.78. The topological polar surface area (TPSA) is 84.0 Å². The van der Waals surface area contributed by atoms with Crippen molar-refractivity contribution in [3.05, 3.63) is 70.3 Å². The van der Waals surface area contributed by atoms with Crippen molar-refractivity contribution in [3.8, 4) is 0 Å². The molecule has 0 N–H and O–H groups in total. The largest absolute Gasteiger partial charge is 0.459 e. The van der Waals surface area contributed by atoms with Crippen LogP contribution in [0.2, 0.25) is 0 Å². The number of ether oxygens (including phenoxy) is 1. The maximum atomic E-state index is 12.7. The lowest BCUT2D eigenvalue weighted by atomic mass is 10.1. The van der Waals surface area contributed by atoms with E-state index in [-0.39, 0.29) is 12.5 Å². The number of imide groups is 1. The summed E-state index contributed by atoms with van der Waals surface area (Å²) in [5.41, 5.74) is 2.79. The number of carbonyl (C=O) groups excluding carboxylic acids is 4. The average Bonchev–Trinajstić information content (AvgIpc) is 3.39. The highest BCUT2D eigenvalue weighted by Crippen LogP contribution is 2.26. The van der Waals surface area contributed by atoms with E-state index in [0.717, 1.165) is 42.0 Å². The Labute approximate surface area is 180 Å². The zero-order valence-electron chi connectivity index (χ0n) is 17.6. The highest BCUT2D eigenvalue weighted by Gasteiger charge is 2.41. The Morgan fingerprint density at radius 3 is 2.29 bits per heavy atom. The molecule has 0 spiro atoms. The van der Waals surface area contributed by atoms with Crippen molar-refractivity contribution >= 4 is 23.7 Å². The molecular weight excluding hydrogens is 396 g/mol. The van der Waals surface area contributed by atoms with Gasteiger partial charge in [0.15, 0.2) is 0 Å². The standard InChI is InChI=1S/C24H24N2O5/c1-15-5-10-19-20(13-15)23(29)26(22(19)28)16(2)24(30)31-14-17-6-8-18(9-7-17)21(27)25-11-3-4-12-25/h5-10,13,16H,3-4,11-12,14H2,1-2H3/t16-/m0/s1. The second kappa shape index (κ2) is 8.34. The molecule has 2 aliphatic rings. The van der Waals surface area contributed by atoms with Gasteiger partial charge in [0.2, 0.25) is 0 Å². The second-order valence-electron chi connectivity index (χ2n) is 8.01. The number of hydrogen-bond acceptors (Lipinski definition) is 5. The van der Waals surface area contributed by atoms with Crippen molar-refractivity contribution in [1.82, 2.24) is 9.80 Å². The quantitative estimate of drug-likeness (QED) is 0.549. The number of hydrogen-bond donors (Lipinski definition) is 0. The van der Waals surface area contributed by atoms with Crippen LogP contribution < -0.4 is 0 Å². The van der Waals surface area contributed by atoms with Gasteiger partial charge >= 0.3 is 5.97 Å². The van der Waals surface area contributed by atoms with Crippen LogP contribution in [0.4, 0.5) is 0 Å². The van der Waals surface area contributed by atoms with Crippen molar-refractivity contribution in [1.29, 1.82) is 0 Å². The summed E-state index contributed by atoms with van der Waals surface area (Å²) in [4.78, 5) is 53.0. The van der Waals surface area contributed by atoms with E-state index in [1.54, 1.807) is 42.5 Å². The second-order valence-corrected chi connectivity index (χ2v) is 8.01. The number of benzene rings is 2. The molecule has 1 atom stereocenters. The van der Waals surface area contributed by atoms with Gasteiger partial charge in [-0.15, -0.1) is 0 Å². The number of carbonyl (C=O) groups is 4. The number of nitrogens with zero attached hydrogens (tertiary/aromatic N) is 2. The van der Waals surface area contributed by atoms with Gasteiger partial charge in [0, 0.05) is 18.7 Å². The highest BCUT2D eigenvalue weighted by molar-refractivity contribution is 6.22. The zero-order valence-corrected chi connectivity index (χ0v) is 17.6. The predicted octanol–water partition coefficient (Wildman–Crippen LogP) is 2.96. The van der Waals surface area contributed by atoms with Gasteiger partial charge in [-0.25, -0.2) is 4.79 Å². The van der Waals surface area contributed by atoms with Crippen LogP contribution in [0.5, 0.6) is 0 Å². The SMILES string of the molecule is Cc1ccc2c(c1)C(=O)N([C@@H](C)C(=O)OCc1ccc(C(=O)N3CCCC3)cc1)C2=O. The molecule has 0 bridgehead atoms. The van der Waals surface area contributed by atoms with Gasteiger partial charge in [0.05, 0.1) is 11.1 Å². The molecule has 7 nitrogen and oxygen atoms in total. The molecule has 2 aliphatic heterocycles. The summed E-state index contributed by atoms with van der Waals surface area (Å²) < 4.78 is 5.34. The molecular formula is C24H24N2O5. The van der Waals surface area contributed by atoms with Crippen molar-refractivity contribution < 1.29 is 23.9 Å². The Kier molecular flexibility index (Phi) is 5.59. The van der Waals surface area contributed by atoms with Crippen molar-refractivity contribution in [2.75, 3.05) is 13.1 Å². The molecule has 0 saturated carbocycles. The number of amides is 3. The van der Waals surface area contributed by atoms with Crippen LogP contribution in [-0.2, 0) is 16.1 Å². The molecule has 2 aromatic rings. The summed E-state index contributed by atoms with van der Waals surface area (Å²) in [6.07, 6.45) is 2.06. The molecule has 1 fully saturated rings. The Hall–Kier alpha value is -3.48. The smallest absolute Gasteiger partial charge is 0.329 e. The van der Waals surface area contributed by atoms with Crippen LogP contribution in [0.15, 0.2) is 42.5 Å². The first-order valence-electron chi connectivity index (χ1n) is 10.4. The maximum Gasteiger partial charge on any atom is 0.329 e. The van der Waals surface area contributed by atoms with E-state index in [0.29, 0.717) is 16.7 Å². The molecule has 160 valence electrons. The fourth-order valence-electron chi connectivity index (χ4n) is 3.95. The fourth-order valence-corrected chi connectivity index (χ4v) is 3.95. The Morgan fingerprint density at radius 2 is 1.61 bits per heavy atom. The minimum Gasteiger partial charge on any atom is -0.459 e. The number of likely N-dealkylation sites (tertiary alicyclic amines) is 1. The fraction of sp³-hybridized carbons (Fsp3) is 0.333. The van der Waals surface area contributed by atoms with E-state index in [1.807, 2.05) is 11.8 Å². The third-order valence-electron chi connectivity index (χ3n) is 5.78. The van der Waals surface area contributed by atoms with Crippen LogP contribution in [0.3, 0.4) is 0 Å². The Morgan fingerprint density at radius 1 is 0.968 bits per heavy atom.